The maximum absolute atomic E-state index is 12.4. The molecular weight excluding hydrogens is 310 g/mol. The number of amides is 1. The van der Waals surface area contributed by atoms with Crippen LogP contribution in [0, 0.1) is 0 Å². The molecule has 2 rings (SSSR count). The van der Waals surface area contributed by atoms with Crippen molar-refractivity contribution < 1.29 is 9.53 Å². The molecule has 3 heteroatoms. The number of rotatable bonds is 6. The van der Waals surface area contributed by atoms with Crippen molar-refractivity contribution in [2.45, 2.75) is 45.6 Å². The Labute approximate surface area is 151 Å². The van der Waals surface area contributed by atoms with Gasteiger partial charge < -0.3 is 9.64 Å². The van der Waals surface area contributed by atoms with Crippen LogP contribution < -0.4 is 4.74 Å². The second kappa shape index (κ2) is 8.19. The second-order valence-corrected chi connectivity index (χ2v) is 7.51. The van der Waals surface area contributed by atoms with E-state index in [0.717, 1.165) is 17.7 Å². The summed E-state index contributed by atoms with van der Waals surface area (Å²) in [6.45, 7) is 7.18. The second-order valence-electron chi connectivity index (χ2n) is 7.51. The lowest BCUT2D eigenvalue weighted by atomic mass is 9.86. The molecule has 2 aromatic carbocycles. The fourth-order valence-corrected chi connectivity index (χ4v) is 2.79. The molecule has 0 saturated heterocycles. The van der Waals surface area contributed by atoms with Crippen LogP contribution in [0.2, 0.25) is 0 Å². The average molecular weight is 339 g/mol. The molecule has 0 aromatic heterocycles. The first-order valence-electron chi connectivity index (χ1n) is 8.76. The first-order chi connectivity index (χ1) is 11.8. The molecule has 0 atom stereocenters. The normalized spacial score (nSPS) is 11.2. The van der Waals surface area contributed by atoms with Gasteiger partial charge in [-0.3, -0.25) is 4.79 Å². The van der Waals surface area contributed by atoms with Crippen molar-refractivity contribution >= 4 is 5.91 Å². The average Bonchev–Trinajstić information content (AvgIpc) is 2.59. The third-order valence-electron chi connectivity index (χ3n) is 4.47. The largest absolute Gasteiger partial charge is 0.496 e. The van der Waals surface area contributed by atoms with Gasteiger partial charge in [-0.25, -0.2) is 0 Å². The van der Waals surface area contributed by atoms with Crippen LogP contribution in [0.15, 0.2) is 48.5 Å². The molecule has 0 spiro atoms. The van der Waals surface area contributed by atoms with Crippen LogP contribution in [0.4, 0.5) is 0 Å². The summed E-state index contributed by atoms with van der Waals surface area (Å²) >= 11 is 0. The number of methoxy groups -OCH3 is 1. The van der Waals surface area contributed by atoms with Gasteiger partial charge in [0, 0.05) is 25.6 Å². The van der Waals surface area contributed by atoms with Crippen LogP contribution in [0.3, 0.4) is 0 Å². The number of carbonyl (C=O) groups excluding carboxylic acids is 1. The molecule has 2 aromatic rings. The van der Waals surface area contributed by atoms with Gasteiger partial charge in [-0.15, -0.1) is 0 Å². The monoisotopic (exact) mass is 339 g/mol. The molecule has 0 bridgehead atoms. The summed E-state index contributed by atoms with van der Waals surface area (Å²) in [6.07, 6.45) is 1.28. The van der Waals surface area contributed by atoms with Crippen molar-refractivity contribution in [1.29, 1.82) is 0 Å². The standard InChI is InChI=1S/C22H29NO2/c1-22(2,3)19-13-10-17(11-14-19)12-15-21(24)23(4)16-18-8-6-7-9-20(18)25-5/h6-11,13-14H,12,15-16H2,1-5H3. The molecule has 0 heterocycles. The Morgan fingerprint density at radius 3 is 2.28 bits per heavy atom. The van der Waals surface area contributed by atoms with E-state index < -0.39 is 0 Å². The van der Waals surface area contributed by atoms with Gasteiger partial charge in [-0.1, -0.05) is 63.2 Å². The van der Waals surface area contributed by atoms with Crippen LogP contribution in [-0.4, -0.2) is 25.0 Å². The van der Waals surface area contributed by atoms with E-state index in [1.807, 2.05) is 31.3 Å². The molecule has 0 fully saturated rings. The SMILES string of the molecule is COc1ccccc1CN(C)C(=O)CCc1ccc(C(C)(C)C)cc1. The van der Waals surface area contributed by atoms with Gasteiger partial charge >= 0.3 is 0 Å². The van der Waals surface area contributed by atoms with Crippen LogP contribution in [0.5, 0.6) is 5.75 Å². The quantitative estimate of drug-likeness (QED) is 0.771. The van der Waals surface area contributed by atoms with E-state index in [0.29, 0.717) is 13.0 Å². The van der Waals surface area contributed by atoms with E-state index in [1.165, 1.54) is 11.1 Å². The lowest BCUT2D eigenvalue weighted by Crippen LogP contribution is -2.26. The summed E-state index contributed by atoms with van der Waals surface area (Å²) in [7, 11) is 3.50. The fraction of sp³-hybridized carbons (Fsp3) is 0.409. The minimum atomic E-state index is 0.144. The van der Waals surface area contributed by atoms with Crippen molar-refractivity contribution in [3.05, 3.63) is 65.2 Å². The van der Waals surface area contributed by atoms with Crippen LogP contribution >= 0.6 is 0 Å². The Kier molecular flexibility index (Phi) is 6.24. The Morgan fingerprint density at radius 2 is 1.68 bits per heavy atom. The molecule has 1 amide bonds. The number of nitrogens with zero attached hydrogens (tertiary/aromatic N) is 1. The summed E-state index contributed by atoms with van der Waals surface area (Å²) in [5.41, 5.74) is 3.70. The number of para-hydroxylation sites is 1. The molecule has 0 radical (unpaired) electrons. The molecule has 0 aliphatic heterocycles. The number of ether oxygens (including phenoxy) is 1. The summed E-state index contributed by atoms with van der Waals surface area (Å²) in [5.74, 6) is 0.964. The Balaban J connectivity index is 1.91. The van der Waals surface area contributed by atoms with E-state index in [4.69, 9.17) is 4.74 Å². The highest BCUT2D eigenvalue weighted by Crippen LogP contribution is 2.23. The van der Waals surface area contributed by atoms with E-state index >= 15 is 0 Å². The molecule has 0 aliphatic rings. The van der Waals surface area contributed by atoms with E-state index in [2.05, 4.69) is 45.0 Å². The minimum absolute atomic E-state index is 0.144. The first kappa shape index (κ1) is 19.0. The van der Waals surface area contributed by atoms with Gasteiger partial charge in [0.1, 0.15) is 5.75 Å². The molecule has 0 saturated carbocycles. The van der Waals surface area contributed by atoms with Crippen LogP contribution in [0.1, 0.15) is 43.9 Å². The number of benzene rings is 2. The highest BCUT2D eigenvalue weighted by atomic mass is 16.5. The summed E-state index contributed by atoms with van der Waals surface area (Å²) in [6, 6.07) is 16.4. The lowest BCUT2D eigenvalue weighted by molar-refractivity contribution is -0.130. The molecular formula is C22H29NO2. The maximum Gasteiger partial charge on any atom is 0.222 e. The zero-order valence-corrected chi connectivity index (χ0v) is 16.0. The Hall–Kier alpha value is -2.29. The number of aryl methyl sites for hydroxylation is 1. The number of hydrogen-bond acceptors (Lipinski definition) is 2. The van der Waals surface area contributed by atoms with Crippen molar-refractivity contribution in [3.8, 4) is 5.75 Å². The van der Waals surface area contributed by atoms with Crippen molar-refractivity contribution in [2.75, 3.05) is 14.2 Å². The van der Waals surface area contributed by atoms with E-state index in [1.54, 1.807) is 12.0 Å². The highest BCUT2D eigenvalue weighted by Gasteiger charge is 2.14. The van der Waals surface area contributed by atoms with Gasteiger partial charge in [0.25, 0.3) is 0 Å². The van der Waals surface area contributed by atoms with E-state index in [-0.39, 0.29) is 11.3 Å². The van der Waals surface area contributed by atoms with Crippen molar-refractivity contribution in [1.82, 2.24) is 4.90 Å². The zero-order valence-electron chi connectivity index (χ0n) is 16.0. The summed E-state index contributed by atoms with van der Waals surface area (Å²) in [4.78, 5) is 14.2. The highest BCUT2D eigenvalue weighted by molar-refractivity contribution is 5.76. The summed E-state index contributed by atoms with van der Waals surface area (Å²) in [5, 5.41) is 0. The molecule has 0 unspecified atom stereocenters. The third-order valence-corrected chi connectivity index (χ3v) is 4.47. The van der Waals surface area contributed by atoms with Crippen molar-refractivity contribution in [3.63, 3.8) is 0 Å². The maximum atomic E-state index is 12.4. The molecule has 0 aliphatic carbocycles. The molecule has 134 valence electrons. The van der Waals surface area contributed by atoms with Crippen LogP contribution in [-0.2, 0) is 23.2 Å². The predicted octanol–water partition coefficient (Wildman–Crippen LogP) is 4.58. The smallest absolute Gasteiger partial charge is 0.222 e. The zero-order chi connectivity index (χ0) is 18.4. The Bertz CT molecular complexity index is 699. The predicted molar refractivity (Wildman–Crippen MR) is 103 cm³/mol. The topological polar surface area (TPSA) is 29.5 Å². The van der Waals surface area contributed by atoms with Gasteiger partial charge in [-0.05, 0) is 29.0 Å². The van der Waals surface area contributed by atoms with Crippen LogP contribution in [0.25, 0.3) is 0 Å². The van der Waals surface area contributed by atoms with Gasteiger partial charge in [0.15, 0.2) is 0 Å². The number of hydrogen-bond donors (Lipinski definition) is 0. The van der Waals surface area contributed by atoms with Gasteiger partial charge in [0.2, 0.25) is 5.91 Å². The first-order valence-corrected chi connectivity index (χ1v) is 8.76. The summed E-state index contributed by atoms with van der Waals surface area (Å²) < 4.78 is 5.36. The van der Waals surface area contributed by atoms with E-state index in [9.17, 15) is 4.79 Å². The molecule has 25 heavy (non-hydrogen) atoms. The number of carbonyl (C=O) groups is 1. The minimum Gasteiger partial charge on any atom is -0.496 e. The molecule has 0 N–H and O–H groups in total. The lowest BCUT2D eigenvalue weighted by Gasteiger charge is -2.20. The Morgan fingerprint density at radius 1 is 1.04 bits per heavy atom. The fourth-order valence-electron chi connectivity index (χ4n) is 2.79. The van der Waals surface area contributed by atoms with Gasteiger partial charge in [-0.2, -0.15) is 0 Å². The van der Waals surface area contributed by atoms with Crippen molar-refractivity contribution in [2.24, 2.45) is 0 Å². The van der Waals surface area contributed by atoms with Gasteiger partial charge in [0.05, 0.1) is 7.11 Å². The molecule has 3 nitrogen and oxygen atoms in total. The third kappa shape index (κ3) is 5.35.